The molecule has 0 fully saturated rings. The molecule has 68 valence electrons. The van der Waals surface area contributed by atoms with Crippen molar-refractivity contribution in [3.63, 3.8) is 0 Å². The minimum Gasteiger partial charge on any atom is -0.242 e. The van der Waals surface area contributed by atoms with E-state index in [4.69, 9.17) is 0 Å². The molecular weight excluding hydrogens is 235 g/mol. The van der Waals surface area contributed by atoms with Gasteiger partial charge in [0.15, 0.2) is 0 Å². The molecule has 0 atom stereocenters. The maximum absolute atomic E-state index is 13.4. The van der Waals surface area contributed by atoms with Gasteiger partial charge < -0.3 is 0 Å². The van der Waals surface area contributed by atoms with Gasteiger partial charge in [-0.1, -0.05) is 15.9 Å². The van der Waals surface area contributed by atoms with Gasteiger partial charge in [-0.15, -0.1) is 0 Å². The Morgan fingerprint density at radius 2 is 2.15 bits per heavy atom. The first-order chi connectivity index (χ1) is 6.09. The van der Waals surface area contributed by atoms with Crippen LogP contribution in [0.3, 0.4) is 0 Å². The molecule has 0 spiro atoms. The topological polar surface area (TPSA) is 17.8 Å². The van der Waals surface area contributed by atoms with E-state index < -0.39 is 0 Å². The van der Waals surface area contributed by atoms with Crippen LogP contribution in [0.25, 0.3) is 10.9 Å². The van der Waals surface area contributed by atoms with E-state index in [0.717, 1.165) is 10.0 Å². The van der Waals surface area contributed by atoms with Crippen molar-refractivity contribution < 1.29 is 4.39 Å². The van der Waals surface area contributed by atoms with E-state index in [9.17, 15) is 4.39 Å². The number of hydrogen-bond donors (Lipinski definition) is 0. The molecule has 0 amide bonds. The van der Waals surface area contributed by atoms with Crippen molar-refractivity contribution in [2.24, 2.45) is 7.05 Å². The molecule has 1 aromatic heterocycles. The van der Waals surface area contributed by atoms with Gasteiger partial charge in [0.1, 0.15) is 0 Å². The van der Waals surface area contributed by atoms with Gasteiger partial charge in [0, 0.05) is 11.5 Å². The van der Waals surface area contributed by atoms with Crippen molar-refractivity contribution in [3.05, 3.63) is 28.1 Å². The number of fused-ring (bicyclic) bond motifs is 1. The Bertz CT molecular complexity index is 476. The lowest BCUT2D eigenvalue weighted by molar-refractivity contribution is 0.511. The Labute approximate surface area is 83.5 Å². The molecule has 1 heterocycles. The highest BCUT2D eigenvalue weighted by molar-refractivity contribution is 9.10. The fourth-order valence-corrected chi connectivity index (χ4v) is 2.00. The van der Waals surface area contributed by atoms with E-state index in [0.29, 0.717) is 10.9 Å². The molecule has 0 N–H and O–H groups in total. The van der Waals surface area contributed by atoms with Gasteiger partial charge in [-0.25, -0.2) is 4.68 Å². The van der Waals surface area contributed by atoms with Gasteiger partial charge in [-0.2, -0.15) is 9.49 Å². The largest absolute Gasteiger partial charge is 0.242 e. The van der Waals surface area contributed by atoms with Crippen LogP contribution < -0.4 is 0 Å². The Morgan fingerprint density at radius 3 is 2.85 bits per heavy atom. The minimum absolute atomic E-state index is 0.278. The quantitative estimate of drug-likeness (QED) is 0.695. The van der Waals surface area contributed by atoms with Crippen LogP contribution in [0.1, 0.15) is 5.56 Å². The lowest BCUT2D eigenvalue weighted by Crippen LogP contribution is -1.92. The fourth-order valence-electron chi connectivity index (χ4n) is 1.44. The molecule has 0 saturated carbocycles. The molecular formula is C9H8BrFN2. The Kier molecular flexibility index (Phi) is 1.87. The molecule has 0 bridgehead atoms. The third-order valence-electron chi connectivity index (χ3n) is 2.03. The Balaban J connectivity index is 2.94. The minimum atomic E-state index is -0.278. The second-order valence-electron chi connectivity index (χ2n) is 3.03. The highest BCUT2D eigenvalue weighted by atomic mass is 79.9. The van der Waals surface area contributed by atoms with Crippen LogP contribution >= 0.6 is 15.9 Å². The zero-order valence-electron chi connectivity index (χ0n) is 7.31. The van der Waals surface area contributed by atoms with Crippen molar-refractivity contribution in [2.75, 3.05) is 0 Å². The second kappa shape index (κ2) is 2.80. The first kappa shape index (κ1) is 8.69. The molecule has 0 saturated heterocycles. The van der Waals surface area contributed by atoms with E-state index in [-0.39, 0.29) is 5.95 Å². The fraction of sp³-hybridized carbons (Fsp3) is 0.222. The highest BCUT2D eigenvalue weighted by Gasteiger charge is 2.10. The predicted molar refractivity (Wildman–Crippen MR) is 53.1 cm³/mol. The van der Waals surface area contributed by atoms with Crippen LogP contribution in [-0.4, -0.2) is 9.78 Å². The van der Waals surface area contributed by atoms with E-state index in [1.807, 2.05) is 19.1 Å². The van der Waals surface area contributed by atoms with Gasteiger partial charge in [0.05, 0.1) is 10.9 Å². The molecule has 2 nitrogen and oxygen atoms in total. The van der Waals surface area contributed by atoms with E-state index in [2.05, 4.69) is 21.0 Å². The van der Waals surface area contributed by atoms with Crippen LogP contribution in [0.5, 0.6) is 0 Å². The lowest BCUT2D eigenvalue weighted by Gasteiger charge is -1.95. The van der Waals surface area contributed by atoms with Crippen LogP contribution in [-0.2, 0) is 7.05 Å². The Morgan fingerprint density at radius 1 is 1.46 bits per heavy atom. The van der Waals surface area contributed by atoms with Crippen LogP contribution in [0.15, 0.2) is 16.6 Å². The highest BCUT2D eigenvalue weighted by Crippen LogP contribution is 2.24. The maximum Gasteiger partial charge on any atom is 0.219 e. The number of aromatic nitrogens is 2. The molecule has 4 heteroatoms. The number of hydrogen-bond acceptors (Lipinski definition) is 1. The van der Waals surface area contributed by atoms with Gasteiger partial charge >= 0.3 is 0 Å². The summed E-state index contributed by atoms with van der Waals surface area (Å²) in [5.41, 5.74) is 1.59. The van der Waals surface area contributed by atoms with Gasteiger partial charge in [0.2, 0.25) is 5.95 Å². The first-order valence-corrected chi connectivity index (χ1v) is 4.67. The predicted octanol–water partition coefficient (Wildman–Crippen LogP) is 2.78. The van der Waals surface area contributed by atoms with Crippen LogP contribution in [0.2, 0.25) is 0 Å². The summed E-state index contributed by atoms with van der Waals surface area (Å²) < 4.78 is 15.6. The van der Waals surface area contributed by atoms with Crippen molar-refractivity contribution in [1.29, 1.82) is 0 Å². The molecule has 0 radical (unpaired) electrons. The van der Waals surface area contributed by atoms with Crippen molar-refractivity contribution in [2.45, 2.75) is 6.92 Å². The Hall–Kier alpha value is -0.900. The molecule has 13 heavy (non-hydrogen) atoms. The summed E-state index contributed by atoms with van der Waals surface area (Å²) in [4.78, 5) is 0. The zero-order valence-corrected chi connectivity index (χ0v) is 8.89. The molecule has 0 unspecified atom stereocenters. The number of rotatable bonds is 0. The second-order valence-corrected chi connectivity index (χ2v) is 3.95. The summed E-state index contributed by atoms with van der Waals surface area (Å²) in [5.74, 6) is -0.278. The van der Waals surface area contributed by atoms with E-state index >= 15 is 0 Å². The van der Waals surface area contributed by atoms with Crippen molar-refractivity contribution in [1.82, 2.24) is 9.78 Å². The van der Waals surface area contributed by atoms with Gasteiger partial charge in [-0.3, -0.25) is 0 Å². The van der Waals surface area contributed by atoms with Crippen molar-refractivity contribution >= 4 is 26.8 Å². The summed E-state index contributed by atoms with van der Waals surface area (Å²) in [7, 11) is 1.60. The number of nitrogens with zero attached hydrogens (tertiary/aromatic N) is 2. The molecule has 0 aliphatic heterocycles. The number of benzene rings is 1. The normalized spacial score (nSPS) is 11.1. The lowest BCUT2D eigenvalue weighted by atomic mass is 10.1. The molecule has 2 rings (SSSR count). The number of aryl methyl sites for hydroxylation is 2. The molecule has 0 aliphatic carbocycles. The summed E-state index contributed by atoms with van der Waals surface area (Å²) in [6.07, 6.45) is 0. The molecule has 0 aliphatic rings. The first-order valence-electron chi connectivity index (χ1n) is 3.88. The average molecular weight is 243 g/mol. The van der Waals surface area contributed by atoms with Crippen LogP contribution in [0.4, 0.5) is 4.39 Å². The zero-order chi connectivity index (χ0) is 9.59. The molecule has 2 aromatic rings. The van der Waals surface area contributed by atoms with Crippen molar-refractivity contribution in [3.8, 4) is 0 Å². The third kappa shape index (κ3) is 1.25. The maximum atomic E-state index is 13.4. The van der Waals surface area contributed by atoms with Crippen LogP contribution in [0, 0.1) is 12.9 Å². The SMILES string of the molecule is Cc1cc(Br)cc2nn(C)c(F)c12. The molecule has 1 aromatic carbocycles. The average Bonchev–Trinajstić information content (AvgIpc) is 2.27. The van der Waals surface area contributed by atoms with E-state index in [1.165, 1.54) is 4.68 Å². The smallest absolute Gasteiger partial charge is 0.219 e. The summed E-state index contributed by atoms with van der Waals surface area (Å²) in [5, 5.41) is 4.65. The summed E-state index contributed by atoms with van der Waals surface area (Å²) >= 11 is 3.35. The monoisotopic (exact) mass is 242 g/mol. The van der Waals surface area contributed by atoms with E-state index in [1.54, 1.807) is 7.05 Å². The summed E-state index contributed by atoms with van der Waals surface area (Å²) in [6, 6.07) is 3.69. The standard InChI is InChI=1S/C9H8BrFN2/c1-5-3-6(10)4-7-8(5)9(11)13(2)12-7/h3-4H,1-2H3. The van der Waals surface area contributed by atoms with Gasteiger partial charge in [-0.05, 0) is 24.6 Å². The summed E-state index contributed by atoms with van der Waals surface area (Å²) in [6.45, 7) is 1.87. The number of halogens is 2. The van der Waals surface area contributed by atoms with Gasteiger partial charge in [0.25, 0.3) is 0 Å². The third-order valence-corrected chi connectivity index (χ3v) is 2.49.